The van der Waals surface area contributed by atoms with Gasteiger partial charge in [0.15, 0.2) is 5.65 Å². The van der Waals surface area contributed by atoms with Crippen molar-refractivity contribution in [2.24, 2.45) is 7.05 Å². The third-order valence-corrected chi connectivity index (χ3v) is 3.01. The second-order valence-electron chi connectivity index (χ2n) is 4.23. The summed E-state index contributed by atoms with van der Waals surface area (Å²) in [7, 11) is 1.89. The van der Waals surface area contributed by atoms with Gasteiger partial charge in [-0.25, -0.2) is 4.52 Å². The number of hydrogen-bond donors (Lipinski definition) is 1. The Balaban J connectivity index is 1.96. The molecule has 3 aromatic heterocycles. The van der Waals surface area contributed by atoms with Crippen molar-refractivity contribution < 1.29 is 0 Å². The molecule has 3 rings (SSSR count). The second kappa shape index (κ2) is 4.55. The molecule has 3 heterocycles. The number of fused-ring (bicyclic) bond motifs is 1. The van der Waals surface area contributed by atoms with Crippen LogP contribution < -0.4 is 5.32 Å². The Morgan fingerprint density at radius 3 is 2.89 bits per heavy atom. The van der Waals surface area contributed by atoms with Gasteiger partial charge in [-0.15, -0.1) is 5.10 Å². The highest BCUT2D eigenvalue weighted by Gasteiger charge is 2.09. The molecule has 0 spiro atoms. The van der Waals surface area contributed by atoms with Gasteiger partial charge < -0.3 is 5.32 Å². The van der Waals surface area contributed by atoms with E-state index >= 15 is 0 Å². The van der Waals surface area contributed by atoms with Crippen molar-refractivity contribution in [1.82, 2.24) is 24.4 Å². The molecule has 0 aliphatic carbocycles. The molecule has 98 valence electrons. The van der Waals surface area contributed by atoms with E-state index in [-0.39, 0.29) is 0 Å². The summed E-state index contributed by atoms with van der Waals surface area (Å²) in [6.07, 6.45) is 4.49. The average Bonchev–Trinajstić information content (AvgIpc) is 2.92. The first kappa shape index (κ1) is 12.0. The molecule has 0 unspecified atom stereocenters. The zero-order valence-electron chi connectivity index (χ0n) is 10.6. The predicted molar refractivity (Wildman–Crippen MR) is 73.9 cm³/mol. The number of aromatic nitrogens is 5. The Bertz CT molecular complexity index is 729. The highest BCUT2D eigenvalue weighted by molar-refractivity contribution is 6.30. The molecule has 0 bridgehead atoms. The number of anilines is 2. The van der Waals surface area contributed by atoms with Gasteiger partial charge in [-0.1, -0.05) is 18.5 Å². The van der Waals surface area contributed by atoms with Crippen molar-refractivity contribution in [2.45, 2.75) is 13.3 Å². The van der Waals surface area contributed by atoms with Crippen molar-refractivity contribution in [2.75, 3.05) is 5.32 Å². The van der Waals surface area contributed by atoms with Crippen LogP contribution in [0.2, 0.25) is 5.02 Å². The molecule has 0 saturated carbocycles. The standard InChI is InChI=1S/C12H13ClN6/c1-3-9-10(7-18(2)16-9)14-12-15-11-5-4-8(13)6-19(11)17-12/h4-7H,3H2,1-2H3,(H,14,17). The summed E-state index contributed by atoms with van der Waals surface area (Å²) < 4.78 is 3.42. The van der Waals surface area contributed by atoms with E-state index in [1.165, 1.54) is 0 Å². The Hall–Kier alpha value is -2.08. The van der Waals surface area contributed by atoms with Crippen LogP contribution in [0, 0.1) is 0 Å². The molecule has 0 aliphatic rings. The lowest BCUT2D eigenvalue weighted by atomic mass is 10.3. The predicted octanol–water partition coefficient (Wildman–Crippen LogP) is 2.42. The number of halogens is 1. The van der Waals surface area contributed by atoms with E-state index in [0.29, 0.717) is 11.0 Å². The first-order chi connectivity index (χ1) is 9.15. The van der Waals surface area contributed by atoms with Crippen molar-refractivity contribution in [3.63, 3.8) is 0 Å². The van der Waals surface area contributed by atoms with Crippen LogP contribution in [0.3, 0.4) is 0 Å². The van der Waals surface area contributed by atoms with Gasteiger partial charge in [0.1, 0.15) is 0 Å². The van der Waals surface area contributed by atoms with Crippen molar-refractivity contribution in [1.29, 1.82) is 0 Å². The van der Waals surface area contributed by atoms with Crippen LogP contribution in [0.25, 0.3) is 5.65 Å². The molecule has 0 atom stereocenters. The Labute approximate surface area is 115 Å². The maximum absolute atomic E-state index is 5.92. The Morgan fingerprint density at radius 2 is 2.11 bits per heavy atom. The van der Waals surface area contributed by atoms with E-state index in [0.717, 1.165) is 23.4 Å². The fraction of sp³-hybridized carbons (Fsp3) is 0.250. The molecule has 19 heavy (non-hydrogen) atoms. The fourth-order valence-electron chi connectivity index (χ4n) is 1.93. The smallest absolute Gasteiger partial charge is 0.247 e. The third-order valence-electron chi connectivity index (χ3n) is 2.78. The first-order valence-corrected chi connectivity index (χ1v) is 6.35. The number of pyridine rings is 1. The Kier molecular flexibility index (Phi) is 2.87. The van der Waals surface area contributed by atoms with E-state index in [9.17, 15) is 0 Å². The van der Waals surface area contributed by atoms with Gasteiger partial charge in [0, 0.05) is 19.4 Å². The highest BCUT2D eigenvalue weighted by atomic mass is 35.5. The molecule has 0 aromatic carbocycles. The van der Waals surface area contributed by atoms with Crippen LogP contribution in [0.4, 0.5) is 11.6 Å². The van der Waals surface area contributed by atoms with Gasteiger partial charge in [-0.2, -0.15) is 10.1 Å². The minimum Gasteiger partial charge on any atom is -0.320 e. The normalized spacial score (nSPS) is 11.1. The summed E-state index contributed by atoms with van der Waals surface area (Å²) in [5.74, 6) is 0.532. The van der Waals surface area contributed by atoms with Gasteiger partial charge in [-0.3, -0.25) is 4.68 Å². The van der Waals surface area contributed by atoms with Crippen LogP contribution in [0.15, 0.2) is 24.5 Å². The molecule has 3 aromatic rings. The van der Waals surface area contributed by atoms with E-state index in [2.05, 4.69) is 27.4 Å². The van der Waals surface area contributed by atoms with Gasteiger partial charge in [0.2, 0.25) is 5.95 Å². The van der Waals surface area contributed by atoms with E-state index < -0.39 is 0 Å². The topological polar surface area (TPSA) is 60.0 Å². The Morgan fingerprint density at radius 1 is 1.26 bits per heavy atom. The van der Waals surface area contributed by atoms with Crippen LogP contribution in [0.1, 0.15) is 12.6 Å². The minimum absolute atomic E-state index is 0.532. The number of nitrogens with one attached hydrogen (secondary N) is 1. The first-order valence-electron chi connectivity index (χ1n) is 5.97. The van der Waals surface area contributed by atoms with Crippen molar-refractivity contribution in [3.8, 4) is 0 Å². The molecule has 0 amide bonds. The van der Waals surface area contributed by atoms with Gasteiger partial charge in [0.25, 0.3) is 0 Å². The number of rotatable bonds is 3. The zero-order chi connectivity index (χ0) is 13.4. The largest absolute Gasteiger partial charge is 0.320 e. The van der Waals surface area contributed by atoms with Crippen LogP contribution in [-0.4, -0.2) is 24.4 Å². The summed E-state index contributed by atoms with van der Waals surface area (Å²) in [5.41, 5.74) is 2.65. The quantitative estimate of drug-likeness (QED) is 0.798. The number of hydrogen-bond acceptors (Lipinski definition) is 4. The van der Waals surface area contributed by atoms with Crippen molar-refractivity contribution >= 4 is 28.9 Å². The highest BCUT2D eigenvalue weighted by Crippen LogP contribution is 2.19. The minimum atomic E-state index is 0.532. The van der Waals surface area contributed by atoms with Gasteiger partial charge >= 0.3 is 0 Å². The summed E-state index contributed by atoms with van der Waals surface area (Å²) in [6.45, 7) is 2.06. The summed E-state index contributed by atoms with van der Waals surface area (Å²) in [4.78, 5) is 4.38. The van der Waals surface area contributed by atoms with Gasteiger partial charge in [0.05, 0.1) is 16.4 Å². The van der Waals surface area contributed by atoms with Crippen LogP contribution >= 0.6 is 11.6 Å². The van der Waals surface area contributed by atoms with Crippen LogP contribution in [0.5, 0.6) is 0 Å². The molecular weight excluding hydrogens is 264 g/mol. The van der Waals surface area contributed by atoms with E-state index in [4.69, 9.17) is 11.6 Å². The molecular formula is C12H13ClN6. The lowest BCUT2D eigenvalue weighted by molar-refractivity contribution is 0.746. The van der Waals surface area contributed by atoms with Gasteiger partial charge in [-0.05, 0) is 18.6 Å². The number of aryl methyl sites for hydroxylation is 2. The lowest BCUT2D eigenvalue weighted by Gasteiger charge is -1.98. The zero-order valence-corrected chi connectivity index (χ0v) is 11.4. The molecule has 6 nitrogen and oxygen atoms in total. The van der Waals surface area contributed by atoms with E-state index in [1.807, 2.05) is 19.3 Å². The monoisotopic (exact) mass is 276 g/mol. The van der Waals surface area contributed by atoms with E-state index in [1.54, 1.807) is 21.5 Å². The molecule has 7 heteroatoms. The third kappa shape index (κ3) is 2.26. The SMILES string of the molecule is CCc1nn(C)cc1Nc1nc2ccc(Cl)cn2n1. The van der Waals surface area contributed by atoms with Crippen LogP contribution in [-0.2, 0) is 13.5 Å². The molecule has 0 fully saturated rings. The summed E-state index contributed by atoms with van der Waals surface area (Å²) in [5, 5.41) is 12.5. The molecule has 0 saturated heterocycles. The maximum atomic E-state index is 5.92. The average molecular weight is 277 g/mol. The lowest BCUT2D eigenvalue weighted by Crippen LogP contribution is -1.95. The maximum Gasteiger partial charge on any atom is 0.247 e. The summed E-state index contributed by atoms with van der Waals surface area (Å²) in [6, 6.07) is 3.61. The summed E-state index contributed by atoms with van der Waals surface area (Å²) >= 11 is 5.92. The van der Waals surface area contributed by atoms with Crippen molar-refractivity contribution in [3.05, 3.63) is 35.2 Å². The molecule has 0 aliphatic heterocycles. The second-order valence-corrected chi connectivity index (χ2v) is 4.66. The molecule has 1 N–H and O–H groups in total. The molecule has 0 radical (unpaired) electrons. The number of nitrogens with zero attached hydrogens (tertiary/aromatic N) is 5. The fourth-order valence-corrected chi connectivity index (χ4v) is 2.09.